The molecule has 4 aromatic carbocycles. The molecule has 0 N–H and O–H groups in total. The molecule has 2 atom stereocenters. The summed E-state index contributed by atoms with van der Waals surface area (Å²) in [6.07, 6.45) is 11.8. The van der Waals surface area contributed by atoms with Gasteiger partial charge in [0.05, 0.1) is 17.4 Å². The van der Waals surface area contributed by atoms with Gasteiger partial charge >= 0.3 is 0 Å². The van der Waals surface area contributed by atoms with Crippen molar-refractivity contribution in [1.29, 1.82) is 0 Å². The van der Waals surface area contributed by atoms with Crippen LogP contribution in [0.3, 0.4) is 0 Å². The molecule has 248 valence electrons. The van der Waals surface area contributed by atoms with Gasteiger partial charge in [-0.3, -0.25) is 0 Å². The highest BCUT2D eigenvalue weighted by molar-refractivity contribution is 7.26. The van der Waals surface area contributed by atoms with Crippen LogP contribution in [0.15, 0.2) is 128 Å². The van der Waals surface area contributed by atoms with Gasteiger partial charge in [-0.2, -0.15) is 9.13 Å². The van der Waals surface area contributed by atoms with Gasteiger partial charge in [0, 0.05) is 62.3 Å². The lowest BCUT2D eigenvalue weighted by Gasteiger charge is -2.44. The first-order chi connectivity index (χ1) is 24.7. The Hall–Kier alpha value is -4.60. The molecule has 5 heterocycles. The van der Waals surface area contributed by atoms with E-state index in [4.69, 9.17) is 0 Å². The van der Waals surface area contributed by atoms with Gasteiger partial charge in [-0.1, -0.05) is 112 Å². The normalized spacial score (nSPS) is 17.3. The van der Waals surface area contributed by atoms with E-state index in [1.165, 1.54) is 89.8 Å². The van der Waals surface area contributed by atoms with Crippen LogP contribution in [-0.2, 0) is 18.5 Å². The van der Waals surface area contributed by atoms with Gasteiger partial charge in [-0.05, 0) is 53.3 Å². The fourth-order valence-electron chi connectivity index (χ4n) is 9.72. The van der Waals surface area contributed by atoms with Gasteiger partial charge in [-0.15, -0.1) is 11.3 Å². The lowest BCUT2D eigenvalue weighted by Crippen LogP contribution is -2.64. The van der Waals surface area contributed by atoms with E-state index in [1.54, 1.807) is 0 Å². The Morgan fingerprint density at radius 2 is 1.48 bits per heavy atom. The van der Waals surface area contributed by atoms with Crippen molar-refractivity contribution >= 4 is 31.5 Å². The average molecular weight is 671 g/mol. The van der Waals surface area contributed by atoms with Crippen LogP contribution in [0.25, 0.3) is 53.8 Å². The van der Waals surface area contributed by atoms with Crippen molar-refractivity contribution in [2.45, 2.75) is 83.2 Å². The van der Waals surface area contributed by atoms with Crippen molar-refractivity contribution in [3.63, 3.8) is 0 Å². The number of benzene rings is 4. The van der Waals surface area contributed by atoms with E-state index in [1.807, 2.05) is 11.3 Å². The van der Waals surface area contributed by atoms with Gasteiger partial charge in [0.15, 0.2) is 24.5 Å². The number of aryl methyl sites for hydroxylation is 1. The zero-order chi connectivity index (χ0) is 33.8. The quantitative estimate of drug-likeness (QED) is 0.112. The molecular weight excluding hydrogens is 625 g/mol. The zero-order valence-electron chi connectivity index (χ0n) is 29.5. The van der Waals surface area contributed by atoms with E-state index in [0.29, 0.717) is 11.8 Å². The summed E-state index contributed by atoms with van der Waals surface area (Å²) in [6.45, 7) is 8.16. The predicted molar refractivity (Wildman–Crippen MR) is 210 cm³/mol. The molecule has 0 radical (unpaired) electrons. The number of hydrogen-bond acceptors (Lipinski definition) is 1. The van der Waals surface area contributed by atoms with Crippen LogP contribution >= 0.6 is 11.3 Å². The molecule has 2 aliphatic rings. The minimum Gasteiger partial charge on any atom is -0.198 e. The Balaban J connectivity index is 1.31. The maximum absolute atomic E-state index is 2.76. The first kappa shape index (κ1) is 31.4. The molecule has 2 nitrogen and oxygen atoms in total. The third kappa shape index (κ3) is 4.73. The van der Waals surface area contributed by atoms with Crippen LogP contribution in [0.5, 0.6) is 0 Å². The van der Waals surface area contributed by atoms with Crippen molar-refractivity contribution in [3.8, 4) is 33.6 Å². The van der Waals surface area contributed by atoms with Crippen LogP contribution in [0.2, 0.25) is 0 Å². The van der Waals surface area contributed by atoms with E-state index in [2.05, 4.69) is 158 Å². The first-order valence-corrected chi connectivity index (χ1v) is 19.6. The van der Waals surface area contributed by atoms with Gasteiger partial charge in [0.25, 0.3) is 0 Å². The highest BCUT2D eigenvalue weighted by Crippen LogP contribution is 2.55. The summed E-state index contributed by atoms with van der Waals surface area (Å²) in [5.41, 5.74) is 12.7. The van der Waals surface area contributed by atoms with Crippen LogP contribution in [0.4, 0.5) is 0 Å². The summed E-state index contributed by atoms with van der Waals surface area (Å²) >= 11 is 1.96. The van der Waals surface area contributed by atoms with E-state index in [0.717, 1.165) is 25.8 Å². The summed E-state index contributed by atoms with van der Waals surface area (Å²) in [7, 11) is 0. The number of rotatable bonds is 8. The second-order valence-electron chi connectivity index (χ2n) is 14.5. The van der Waals surface area contributed by atoms with Crippen molar-refractivity contribution < 1.29 is 9.13 Å². The summed E-state index contributed by atoms with van der Waals surface area (Å²) in [4.78, 5) is 0. The Labute approximate surface area is 300 Å². The van der Waals surface area contributed by atoms with Crippen LogP contribution < -0.4 is 9.13 Å². The Bertz CT molecular complexity index is 2360. The number of fused-ring (bicyclic) bond motifs is 10. The summed E-state index contributed by atoms with van der Waals surface area (Å²) in [6, 6.07) is 43.8. The first-order valence-electron chi connectivity index (χ1n) is 18.8. The lowest BCUT2D eigenvalue weighted by molar-refractivity contribution is -0.765. The van der Waals surface area contributed by atoms with E-state index in [9.17, 15) is 0 Å². The van der Waals surface area contributed by atoms with Gasteiger partial charge in [-0.25, -0.2) is 0 Å². The van der Waals surface area contributed by atoms with Gasteiger partial charge < -0.3 is 0 Å². The fraction of sp³-hybridized carbons (Fsp3) is 0.277. The summed E-state index contributed by atoms with van der Waals surface area (Å²) < 4.78 is 8.11. The topological polar surface area (TPSA) is 7.76 Å². The van der Waals surface area contributed by atoms with Crippen molar-refractivity contribution in [1.82, 2.24) is 0 Å². The third-order valence-electron chi connectivity index (χ3n) is 12.1. The molecule has 9 rings (SSSR count). The zero-order valence-corrected chi connectivity index (χ0v) is 30.3. The summed E-state index contributed by atoms with van der Waals surface area (Å²) in [5, 5.41) is 2.75. The highest BCUT2D eigenvalue weighted by Gasteiger charge is 2.56. The van der Waals surface area contributed by atoms with Crippen molar-refractivity contribution in [2.75, 3.05) is 0 Å². The van der Waals surface area contributed by atoms with Crippen LogP contribution in [-0.4, -0.2) is 0 Å². The van der Waals surface area contributed by atoms with Crippen LogP contribution in [0, 0.1) is 0 Å². The number of unbranched alkanes of at least 4 members (excludes halogenated alkanes) is 2. The smallest absolute Gasteiger partial charge is 0.198 e. The third-order valence-corrected chi connectivity index (χ3v) is 13.3. The predicted octanol–water partition coefficient (Wildman–Crippen LogP) is 11.8. The molecule has 2 aliphatic heterocycles. The van der Waals surface area contributed by atoms with Crippen molar-refractivity contribution in [2.24, 2.45) is 0 Å². The number of nitrogens with zero attached hydrogens (tertiary/aromatic N) is 2. The van der Waals surface area contributed by atoms with E-state index < -0.39 is 0 Å². The number of thiophene rings is 1. The standard InChI is InChI=1S/C47H46N2S/c1-4-7-9-20-33-29-42-34-21-12-13-23-37(34)45(47(5-2,6-3)49(42)31-39(33)32-18-10-8-11-19-32)40-30-48-28-17-16-24-41(48)44-36(40)26-27-38-35-22-14-15-25-43(35)50-46(38)44/h8,10-19,21-29,31,40,45H,4-7,9,20,30H2,1-3H3/q+2. The van der Waals surface area contributed by atoms with Gasteiger partial charge in [0.1, 0.15) is 0 Å². The minimum atomic E-state index is -0.0981. The number of hydrogen-bond donors (Lipinski definition) is 0. The number of pyridine rings is 2. The molecule has 0 aliphatic carbocycles. The molecular formula is C47H46N2S+2. The maximum Gasteiger partial charge on any atom is 0.214 e. The molecule has 7 aromatic rings. The largest absolute Gasteiger partial charge is 0.214 e. The van der Waals surface area contributed by atoms with Gasteiger partial charge in [0.2, 0.25) is 11.4 Å². The average Bonchev–Trinajstić information content (AvgIpc) is 3.56. The van der Waals surface area contributed by atoms with Crippen molar-refractivity contribution in [3.05, 3.63) is 144 Å². The second-order valence-corrected chi connectivity index (χ2v) is 15.6. The maximum atomic E-state index is 2.76. The summed E-state index contributed by atoms with van der Waals surface area (Å²) in [5.74, 6) is 0.609. The molecule has 0 saturated carbocycles. The molecule has 0 spiro atoms. The Morgan fingerprint density at radius 1 is 0.700 bits per heavy atom. The molecule has 0 amide bonds. The molecule has 50 heavy (non-hydrogen) atoms. The highest BCUT2D eigenvalue weighted by atomic mass is 32.1. The fourth-order valence-corrected chi connectivity index (χ4v) is 11.0. The molecule has 2 unspecified atom stereocenters. The Morgan fingerprint density at radius 3 is 2.32 bits per heavy atom. The van der Waals surface area contributed by atoms with E-state index >= 15 is 0 Å². The van der Waals surface area contributed by atoms with E-state index in [-0.39, 0.29) is 5.54 Å². The molecule has 0 saturated heterocycles. The second kappa shape index (κ2) is 12.6. The molecule has 0 fully saturated rings. The minimum absolute atomic E-state index is 0.0981. The number of aromatic nitrogens is 2. The van der Waals surface area contributed by atoms with Crippen LogP contribution in [0.1, 0.15) is 81.4 Å². The SMILES string of the molecule is CCCCCc1cc2[n+](cc1-c1ccccc1)C(CC)(CC)C(C1C[n+]3ccccc3-c3c1ccc1c3sc3ccccc31)c1ccccc1-2. The lowest BCUT2D eigenvalue weighted by atomic mass is 9.62. The molecule has 0 bridgehead atoms. The monoisotopic (exact) mass is 670 g/mol. The Kier molecular flexibility index (Phi) is 7.92. The molecule has 3 aromatic heterocycles. The molecule has 3 heteroatoms.